The number of likely N-dealkylation sites (tertiary alicyclic amines) is 1. The minimum absolute atomic E-state index is 0.0332. The zero-order valence-corrected chi connectivity index (χ0v) is 14.7. The summed E-state index contributed by atoms with van der Waals surface area (Å²) in [6.45, 7) is 2.56. The molecular formula is C20H22N4O2. The first-order chi connectivity index (χ1) is 12.7. The van der Waals surface area contributed by atoms with Crippen molar-refractivity contribution < 1.29 is 9.59 Å². The molecular weight excluding hydrogens is 328 g/mol. The van der Waals surface area contributed by atoms with Crippen LogP contribution in [0.25, 0.3) is 0 Å². The summed E-state index contributed by atoms with van der Waals surface area (Å²) in [6.07, 6.45) is 5.71. The van der Waals surface area contributed by atoms with Gasteiger partial charge in [-0.05, 0) is 30.5 Å². The third-order valence-electron chi connectivity index (χ3n) is 5.29. The lowest BCUT2D eigenvalue weighted by atomic mass is 9.94. The summed E-state index contributed by atoms with van der Waals surface area (Å²) in [5.74, 6) is 0.423. The van der Waals surface area contributed by atoms with Gasteiger partial charge in [0.05, 0.1) is 0 Å². The highest BCUT2D eigenvalue weighted by Gasteiger charge is 2.29. The second-order valence-electron chi connectivity index (χ2n) is 6.95. The molecule has 2 aliphatic rings. The van der Waals surface area contributed by atoms with E-state index in [0.717, 1.165) is 36.2 Å². The molecule has 1 unspecified atom stereocenters. The summed E-state index contributed by atoms with van der Waals surface area (Å²) >= 11 is 0. The van der Waals surface area contributed by atoms with E-state index in [1.807, 2.05) is 35.2 Å². The highest BCUT2D eigenvalue weighted by atomic mass is 16.2. The standard InChI is InChI=1S/C20H22N4O2/c25-19(8-11-24-12-15-4-1-2-6-17(15)20(24)26)23-10-3-5-16(13-23)18-7-9-21-14-22-18/h1-2,4,6-7,9,14,16H,3,5,8,10-13H2. The molecule has 0 radical (unpaired) electrons. The molecule has 0 saturated carbocycles. The Bertz CT molecular complexity index is 808. The fraction of sp³-hybridized carbons (Fsp3) is 0.400. The van der Waals surface area contributed by atoms with Crippen molar-refractivity contribution in [3.63, 3.8) is 0 Å². The third-order valence-corrected chi connectivity index (χ3v) is 5.29. The lowest BCUT2D eigenvalue weighted by Gasteiger charge is -2.33. The molecule has 1 fully saturated rings. The van der Waals surface area contributed by atoms with Crippen molar-refractivity contribution in [2.75, 3.05) is 19.6 Å². The number of fused-ring (bicyclic) bond motifs is 1. The van der Waals surface area contributed by atoms with Gasteiger partial charge in [-0.2, -0.15) is 0 Å². The van der Waals surface area contributed by atoms with Crippen LogP contribution < -0.4 is 0 Å². The van der Waals surface area contributed by atoms with Gasteiger partial charge in [-0.25, -0.2) is 9.97 Å². The molecule has 1 aromatic carbocycles. The summed E-state index contributed by atoms with van der Waals surface area (Å²) in [4.78, 5) is 37.1. The minimum Gasteiger partial charge on any atom is -0.342 e. The van der Waals surface area contributed by atoms with Crippen LogP contribution in [-0.4, -0.2) is 51.2 Å². The van der Waals surface area contributed by atoms with Gasteiger partial charge < -0.3 is 9.80 Å². The molecule has 1 aromatic heterocycles. The number of rotatable bonds is 4. The van der Waals surface area contributed by atoms with E-state index in [1.165, 1.54) is 0 Å². The first kappa shape index (κ1) is 16.7. The highest BCUT2D eigenvalue weighted by Crippen LogP contribution is 2.26. The molecule has 2 aromatic rings. The second kappa shape index (κ2) is 7.23. The van der Waals surface area contributed by atoms with Gasteiger partial charge in [0.25, 0.3) is 5.91 Å². The molecule has 6 nitrogen and oxygen atoms in total. The van der Waals surface area contributed by atoms with Crippen molar-refractivity contribution in [2.24, 2.45) is 0 Å². The predicted octanol–water partition coefficient (Wildman–Crippen LogP) is 2.23. The lowest BCUT2D eigenvalue weighted by molar-refractivity contribution is -0.132. The Morgan fingerprint density at radius 1 is 1.23 bits per heavy atom. The van der Waals surface area contributed by atoms with E-state index in [9.17, 15) is 9.59 Å². The third kappa shape index (κ3) is 3.31. The summed E-state index contributed by atoms with van der Waals surface area (Å²) in [6, 6.07) is 9.59. The molecule has 1 saturated heterocycles. The van der Waals surface area contributed by atoms with Crippen LogP contribution in [0.3, 0.4) is 0 Å². The molecule has 0 N–H and O–H groups in total. The molecule has 4 rings (SSSR count). The van der Waals surface area contributed by atoms with Crippen LogP contribution in [-0.2, 0) is 11.3 Å². The van der Waals surface area contributed by atoms with Gasteiger partial charge >= 0.3 is 0 Å². The van der Waals surface area contributed by atoms with Gasteiger partial charge in [0.1, 0.15) is 6.33 Å². The number of carbonyl (C=O) groups excluding carboxylic acids is 2. The van der Waals surface area contributed by atoms with Gasteiger partial charge in [-0.1, -0.05) is 18.2 Å². The smallest absolute Gasteiger partial charge is 0.254 e. The molecule has 0 spiro atoms. The summed E-state index contributed by atoms with van der Waals surface area (Å²) in [7, 11) is 0. The first-order valence-corrected chi connectivity index (χ1v) is 9.13. The van der Waals surface area contributed by atoms with E-state index in [-0.39, 0.29) is 17.7 Å². The summed E-state index contributed by atoms with van der Waals surface area (Å²) < 4.78 is 0. The topological polar surface area (TPSA) is 66.4 Å². The normalized spacial score (nSPS) is 19.5. The number of carbonyl (C=O) groups is 2. The Hall–Kier alpha value is -2.76. The first-order valence-electron chi connectivity index (χ1n) is 9.13. The van der Waals surface area contributed by atoms with Gasteiger partial charge in [0.15, 0.2) is 0 Å². The van der Waals surface area contributed by atoms with E-state index < -0.39 is 0 Å². The minimum atomic E-state index is 0.0332. The van der Waals surface area contributed by atoms with Crippen LogP contribution in [0, 0.1) is 0 Å². The molecule has 2 aliphatic heterocycles. The average molecular weight is 350 g/mol. The Balaban J connectivity index is 1.33. The van der Waals surface area contributed by atoms with Crippen molar-refractivity contribution in [3.8, 4) is 0 Å². The predicted molar refractivity (Wildman–Crippen MR) is 96.4 cm³/mol. The molecule has 134 valence electrons. The van der Waals surface area contributed by atoms with Crippen LogP contribution in [0.1, 0.15) is 46.8 Å². The quantitative estimate of drug-likeness (QED) is 0.848. The largest absolute Gasteiger partial charge is 0.342 e. The number of hydrogen-bond donors (Lipinski definition) is 0. The van der Waals surface area contributed by atoms with Gasteiger partial charge in [-0.3, -0.25) is 9.59 Å². The van der Waals surface area contributed by atoms with Crippen LogP contribution in [0.4, 0.5) is 0 Å². The second-order valence-corrected chi connectivity index (χ2v) is 6.95. The molecule has 26 heavy (non-hydrogen) atoms. The molecule has 2 amide bonds. The van der Waals surface area contributed by atoms with Crippen LogP contribution in [0.15, 0.2) is 42.9 Å². The van der Waals surface area contributed by atoms with Crippen molar-refractivity contribution in [1.29, 1.82) is 0 Å². The number of amides is 2. The Morgan fingerprint density at radius 2 is 2.12 bits per heavy atom. The van der Waals surface area contributed by atoms with Gasteiger partial charge in [-0.15, -0.1) is 0 Å². The number of hydrogen-bond acceptors (Lipinski definition) is 4. The fourth-order valence-electron chi connectivity index (χ4n) is 3.87. The fourth-order valence-corrected chi connectivity index (χ4v) is 3.87. The highest BCUT2D eigenvalue weighted by molar-refractivity contribution is 5.98. The molecule has 0 aliphatic carbocycles. The zero-order chi connectivity index (χ0) is 17.9. The Labute approximate surface area is 152 Å². The zero-order valence-electron chi connectivity index (χ0n) is 14.7. The molecule has 3 heterocycles. The monoisotopic (exact) mass is 350 g/mol. The maximum absolute atomic E-state index is 12.7. The number of piperidine rings is 1. The lowest BCUT2D eigenvalue weighted by Crippen LogP contribution is -2.40. The van der Waals surface area contributed by atoms with E-state index >= 15 is 0 Å². The maximum Gasteiger partial charge on any atom is 0.254 e. The SMILES string of the molecule is O=C(CCN1Cc2ccccc2C1=O)N1CCCC(c2ccncn2)C1. The van der Waals surface area contributed by atoms with Crippen molar-refractivity contribution in [2.45, 2.75) is 31.7 Å². The molecule has 0 bridgehead atoms. The summed E-state index contributed by atoms with van der Waals surface area (Å²) in [5, 5.41) is 0. The van der Waals surface area contributed by atoms with Gasteiger partial charge in [0, 0.05) is 56.0 Å². The number of aromatic nitrogens is 2. The number of nitrogens with zero attached hydrogens (tertiary/aromatic N) is 4. The van der Waals surface area contributed by atoms with E-state index in [4.69, 9.17) is 0 Å². The number of benzene rings is 1. The molecule has 6 heteroatoms. The average Bonchev–Trinajstić information content (AvgIpc) is 3.03. The van der Waals surface area contributed by atoms with E-state index in [0.29, 0.717) is 26.1 Å². The van der Waals surface area contributed by atoms with Gasteiger partial charge in [0.2, 0.25) is 5.91 Å². The van der Waals surface area contributed by atoms with Crippen molar-refractivity contribution >= 4 is 11.8 Å². The van der Waals surface area contributed by atoms with E-state index in [1.54, 1.807) is 17.4 Å². The van der Waals surface area contributed by atoms with Crippen LogP contribution in [0.2, 0.25) is 0 Å². The van der Waals surface area contributed by atoms with E-state index in [2.05, 4.69) is 9.97 Å². The van der Waals surface area contributed by atoms with Crippen LogP contribution >= 0.6 is 0 Å². The van der Waals surface area contributed by atoms with Crippen LogP contribution in [0.5, 0.6) is 0 Å². The summed E-state index contributed by atoms with van der Waals surface area (Å²) in [5.41, 5.74) is 2.82. The van der Waals surface area contributed by atoms with Crippen molar-refractivity contribution in [3.05, 3.63) is 59.7 Å². The molecule has 1 atom stereocenters. The van der Waals surface area contributed by atoms with Crippen molar-refractivity contribution in [1.82, 2.24) is 19.8 Å². The Morgan fingerprint density at radius 3 is 2.92 bits per heavy atom. The Kier molecular flexibility index (Phi) is 4.65. The maximum atomic E-state index is 12.7.